The Kier molecular flexibility index (Phi) is 10.1. The SMILES string of the molecule is Cc1nc(NC(=O)Nc2ccccc2OCCC(C)C)sc1-c1csc(S(=O)(=O)N(C)CCN(C)C)c1. The molecule has 37 heavy (non-hydrogen) atoms. The molecule has 2 amide bonds. The molecule has 12 heteroatoms. The van der Waals surface area contributed by atoms with Crippen molar-refractivity contribution in [3.63, 3.8) is 0 Å². The number of anilines is 2. The number of hydrogen-bond acceptors (Lipinski definition) is 8. The Morgan fingerprint density at radius 2 is 1.86 bits per heavy atom. The fourth-order valence-electron chi connectivity index (χ4n) is 3.25. The van der Waals surface area contributed by atoms with Crippen LogP contribution in [0.25, 0.3) is 10.4 Å². The summed E-state index contributed by atoms with van der Waals surface area (Å²) in [5.74, 6) is 1.13. The molecule has 2 N–H and O–H groups in total. The second kappa shape index (κ2) is 12.8. The smallest absolute Gasteiger partial charge is 0.325 e. The largest absolute Gasteiger partial charge is 0.491 e. The number of nitrogens with one attached hydrogen (secondary N) is 2. The maximum atomic E-state index is 13.0. The zero-order valence-corrected chi connectivity index (χ0v) is 24.5. The van der Waals surface area contributed by atoms with Gasteiger partial charge in [0.1, 0.15) is 9.96 Å². The predicted molar refractivity (Wildman–Crippen MR) is 153 cm³/mol. The van der Waals surface area contributed by atoms with Crippen LogP contribution in [0.2, 0.25) is 0 Å². The van der Waals surface area contributed by atoms with Crippen LogP contribution in [0.15, 0.2) is 39.9 Å². The molecule has 9 nitrogen and oxygen atoms in total. The van der Waals surface area contributed by atoms with Crippen molar-refractivity contribution < 1.29 is 17.9 Å². The summed E-state index contributed by atoms with van der Waals surface area (Å²) < 4.78 is 33.4. The van der Waals surface area contributed by atoms with Crippen molar-refractivity contribution in [2.45, 2.75) is 31.4 Å². The highest BCUT2D eigenvalue weighted by atomic mass is 32.2. The van der Waals surface area contributed by atoms with Crippen LogP contribution in [0.5, 0.6) is 5.75 Å². The molecule has 0 atom stereocenters. The molecule has 2 heterocycles. The van der Waals surface area contributed by atoms with E-state index in [9.17, 15) is 13.2 Å². The van der Waals surface area contributed by atoms with Gasteiger partial charge in [0.25, 0.3) is 10.0 Å². The summed E-state index contributed by atoms with van der Waals surface area (Å²) in [6.07, 6.45) is 0.916. The van der Waals surface area contributed by atoms with Gasteiger partial charge in [-0.3, -0.25) is 5.32 Å². The van der Waals surface area contributed by atoms with Gasteiger partial charge in [-0.1, -0.05) is 37.3 Å². The highest BCUT2D eigenvalue weighted by molar-refractivity contribution is 7.91. The number of amides is 2. The maximum Gasteiger partial charge on any atom is 0.325 e. The number of carbonyl (C=O) groups is 1. The van der Waals surface area contributed by atoms with Gasteiger partial charge in [0.15, 0.2) is 5.13 Å². The van der Waals surface area contributed by atoms with Gasteiger partial charge in [0, 0.05) is 31.1 Å². The van der Waals surface area contributed by atoms with Crippen LogP contribution in [0, 0.1) is 12.8 Å². The number of likely N-dealkylation sites (N-methyl/N-ethyl adjacent to an activating group) is 2. The number of thiophene rings is 1. The normalized spacial score (nSPS) is 11.9. The Morgan fingerprint density at radius 1 is 1.14 bits per heavy atom. The van der Waals surface area contributed by atoms with Crippen molar-refractivity contribution in [2.24, 2.45) is 5.92 Å². The van der Waals surface area contributed by atoms with Gasteiger partial charge >= 0.3 is 6.03 Å². The van der Waals surface area contributed by atoms with Crippen LogP contribution in [0.1, 0.15) is 26.0 Å². The van der Waals surface area contributed by atoms with Crippen LogP contribution in [0.3, 0.4) is 0 Å². The first kappa shape index (κ1) is 29.1. The van der Waals surface area contributed by atoms with Gasteiger partial charge in [-0.05, 0) is 51.6 Å². The van der Waals surface area contributed by atoms with Gasteiger partial charge < -0.3 is 15.0 Å². The number of nitrogens with zero attached hydrogens (tertiary/aromatic N) is 3. The third-order valence-electron chi connectivity index (χ3n) is 5.47. The molecular formula is C25H35N5O4S3. The summed E-state index contributed by atoms with van der Waals surface area (Å²) in [6, 6.07) is 8.53. The molecule has 3 aromatic rings. The number of rotatable bonds is 12. The number of aromatic nitrogens is 1. The van der Waals surface area contributed by atoms with E-state index in [1.165, 1.54) is 27.0 Å². The molecule has 1 aromatic carbocycles. The Morgan fingerprint density at radius 3 is 2.57 bits per heavy atom. The first-order chi connectivity index (χ1) is 17.5. The number of urea groups is 1. The van der Waals surface area contributed by atoms with Crippen LogP contribution >= 0.6 is 22.7 Å². The molecule has 0 saturated carbocycles. The van der Waals surface area contributed by atoms with Crippen molar-refractivity contribution >= 4 is 49.5 Å². The first-order valence-electron chi connectivity index (χ1n) is 11.9. The Balaban J connectivity index is 1.68. The van der Waals surface area contributed by atoms with Crippen LogP contribution < -0.4 is 15.4 Å². The summed E-state index contributed by atoms with van der Waals surface area (Å²) in [7, 11) is 1.82. The first-order valence-corrected chi connectivity index (χ1v) is 15.1. The van der Waals surface area contributed by atoms with E-state index in [0.29, 0.717) is 47.9 Å². The van der Waals surface area contributed by atoms with Crippen molar-refractivity contribution in [2.75, 3.05) is 51.5 Å². The lowest BCUT2D eigenvalue weighted by atomic mass is 10.1. The lowest BCUT2D eigenvalue weighted by Gasteiger charge is -2.18. The minimum atomic E-state index is -3.58. The molecular weight excluding hydrogens is 531 g/mol. The van der Waals surface area contributed by atoms with E-state index < -0.39 is 16.1 Å². The van der Waals surface area contributed by atoms with Crippen molar-refractivity contribution in [3.8, 4) is 16.2 Å². The van der Waals surface area contributed by atoms with E-state index in [-0.39, 0.29) is 4.21 Å². The number of benzene rings is 1. The van der Waals surface area contributed by atoms with Gasteiger partial charge in [-0.15, -0.1) is 11.3 Å². The number of hydrogen-bond donors (Lipinski definition) is 2. The third-order valence-corrected chi connectivity index (χ3v) is 9.86. The fraction of sp³-hybridized carbons (Fsp3) is 0.440. The summed E-state index contributed by atoms with van der Waals surface area (Å²) in [5.41, 5.74) is 2.04. The monoisotopic (exact) mass is 565 g/mol. The Hall–Kier alpha value is -2.51. The minimum absolute atomic E-state index is 0.276. The van der Waals surface area contributed by atoms with Gasteiger partial charge in [0.05, 0.1) is 22.9 Å². The van der Waals surface area contributed by atoms with Crippen LogP contribution in [0.4, 0.5) is 15.6 Å². The second-order valence-corrected chi connectivity index (χ2v) is 13.5. The summed E-state index contributed by atoms with van der Waals surface area (Å²) in [5, 5.41) is 7.83. The van der Waals surface area contributed by atoms with Crippen molar-refractivity contribution in [3.05, 3.63) is 41.4 Å². The highest BCUT2D eigenvalue weighted by Crippen LogP contribution is 2.37. The quantitative estimate of drug-likeness (QED) is 0.304. The minimum Gasteiger partial charge on any atom is -0.491 e. The molecule has 202 valence electrons. The zero-order valence-electron chi connectivity index (χ0n) is 22.1. The molecule has 3 rings (SSSR count). The average molecular weight is 566 g/mol. The number of sulfonamides is 1. The average Bonchev–Trinajstić information content (AvgIpc) is 3.45. The molecule has 0 aliphatic heterocycles. The molecule has 0 spiro atoms. The van der Waals surface area contributed by atoms with E-state index in [2.05, 4.69) is 29.5 Å². The Bertz CT molecular complexity index is 1300. The molecule has 0 radical (unpaired) electrons. The summed E-state index contributed by atoms with van der Waals surface area (Å²) >= 11 is 2.48. The van der Waals surface area contributed by atoms with E-state index in [4.69, 9.17) is 4.74 Å². The fourth-order valence-corrected chi connectivity index (χ4v) is 6.82. The third kappa shape index (κ3) is 7.99. The van der Waals surface area contributed by atoms with E-state index >= 15 is 0 Å². The standard InChI is InChI=1S/C25H35N5O4S3/c1-17(2)11-14-34-21-10-8-7-9-20(21)27-24(31)28-25-26-18(3)23(36-25)19-15-22(35-16-19)37(32,33)30(6)13-12-29(4)5/h7-10,15-17H,11-14H2,1-6H3,(H2,26,27,28,31). The Labute approximate surface area is 227 Å². The van der Waals surface area contributed by atoms with Crippen LogP contribution in [-0.2, 0) is 10.0 Å². The summed E-state index contributed by atoms with van der Waals surface area (Å²) in [4.78, 5) is 19.9. The zero-order chi connectivity index (χ0) is 27.2. The lowest BCUT2D eigenvalue weighted by Crippen LogP contribution is -2.33. The van der Waals surface area contributed by atoms with Crippen LogP contribution in [-0.4, -0.2) is 69.5 Å². The molecule has 0 aliphatic carbocycles. The topological polar surface area (TPSA) is 104 Å². The predicted octanol–water partition coefficient (Wildman–Crippen LogP) is 5.43. The van der Waals surface area contributed by atoms with Crippen molar-refractivity contribution in [1.82, 2.24) is 14.2 Å². The molecule has 0 saturated heterocycles. The van der Waals surface area contributed by atoms with Gasteiger partial charge in [-0.2, -0.15) is 4.31 Å². The lowest BCUT2D eigenvalue weighted by molar-refractivity contribution is 0.261. The van der Waals surface area contributed by atoms with Gasteiger partial charge in [-0.25, -0.2) is 18.2 Å². The summed E-state index contributed by atoms with van der Waals surface area (Å²) in [6.45, 7) is 7.70. The van der Waals surface area contributed by atoms with Crippen molar-refractivity contribution in [1.29, 1.82) is 0 Å². The van der Waals surface area contributed by atoms with E-state index in [1.807, 2.05) is 49.5 Å². The maximum absolute atomic E-state index is 13.0. The molecule has 0 unspecified atom stereocenters. The van der Waals surface area contributed by atoms with E-state index in [1.54, 1.807) is 19.2 Å². The number of ether oxygens (including phenoxy) is 1. The number of thiazole rings is 1. The molecule has 0 aliphatic rings. The number of para-hydroxylation sites is 2. The number of aryl methyl sites for hydroxylation is 1. The molecule has 0 bridgehead atoms. The second-order valence-electron chi connectivity index (χ2n) is 9.32. The molecule has 0 fully saturated rings. The number of carbonyl (C=O) groups excluding carboxylic acids is 1. The van der Waals surface area contributed by atoms with E-state index in [0.717, 1.165) is 16.9 Å². The highest BCUT2D eigenvalue weighted by Gasteiger charge is 2.24. The van der Waals surface area contributed by atoms with Gasteiger partial charge in [0.2, 0.25) is 0 Å². The molecule has 2 aromatic heterocycles.